The highest BCUT2D eigenvalue weighted by molar-refractivity contribution is 6.34. The van der Waals surface area contributed by atoms with Gasteiger partial charge in [0.2, 0.25) is 0 Å². The number of fused-ring (bicyclic) bond motifs is 1. The maximum atomic E-state index is 11.9. The summed E-state index contributed by atoms with van der Waals surface area (Å²) in [6, 6.07) is 9.34. The second kappa shape index (κ2) is 6.50. The number of benzene rings is 1. The number of unbranched alkanes of at least 4 members (excludes halogenated alkanes) is 1. The van der Waals surface area contributed by atoms with Crippen molar-refractivity contribution in [2.24, 2.45) is 5.73 Å². The second-order valence-corrected chi connectivity index (χ2v) is 4.63. The largest absolute Gasteiger partial charge is 0.351 e. The Morgan fingerprint density at radius 3 is 2.89 bits per heavy atom. The molecule has 1 amide bonds. The highest BCUT2D eigenvalue weighted by atomic mass is 35.5. The summed E-state index contributed by atoms with van der Waals surface area (Å²) in [6.07, 6.45) is 1.76. The number of carbonyl (C=O) groups is 1. The number of pyridine rings is 1. The van der Waals surface area contributed by atoms with Gasteiger partial charge in [0, 0.05) is 11.9 Å². The Labute approximate surface area is 117 Å². The summed E-state index contributed by atoms with van der Waals surface area (Å²) in [5.41, 5.74) is 5.74. The van der Waals surface area contributed by atoms with Crippen LogP contribution in [0.3, 0.4) is 0 Å². The van der Waals surface area contributed by atoms with Crippen LogP contribution in [0.5, 0.6) is 0 Å². The van der Waals surface area contributed by atoms with Crippen LogP contribution in [-0.4, -0.2) is 24.0 Å². The van der Waals surface area contributed by atoms with E-state index in [1.807, 2.05) is 24.3 Å². The first-order valence-corrected chi connectivity index (χ1v) is 6.63. The zero-order chi connectivity index (χ0) is 13.7. The van der Waals surface area contributed by atoms with Crippen molar-refractivity contribution >= 4 is 28.3 Å². The standard InChI is InChI=1S/C14H16ClN3O/c15-13-11-6-2-1-5-10(11)9-12(18-13)14(19)17-8-4-3-7-16/h1-2,5-6,9H,3-4,7-8,16H2,(H,17,19). The van der Waals surface area contributed by atoms with Crippen LogP contribution in [0.4, 0.5) is 0 Å². The summed E-state index contributed by atoms with van der Waals surface area (Å²) in [5.74, 6) is -0.204. The van der Waals surface area contributed by atoms with Gasteiger partial charge in [-0.3, -0.25) is 4.79 Å². The van der Waals surface area contributed by atoms with E-state index < -0.39 is 0 Å². The maximum Gasteiger partial charge on any atom is 0.269 e. The summed E-state index contributed by atoms with van der Waals surface area (Å²) in [5, 5.41) is 4.92. The van der Waals surface area contributed by atoms with E-state index in [1.54, 1.807) is 6.07 Å². The van der Waals surface area contributed by atoms with Gasteiger partial charge < -0.3 is 11.1 Å². The summed E-state index contributed by atoms with van der Waals surface area (Å²) >= 11 is 6.08. The fourth-order valence-electron chi connectivity index (χ4n) is 1.83. The van der Waals surface area contributed by atoms with Crippen LogP contribution in [0, 0.1) is 0 Å². The quantitative estimate of drug-likeness (QED) is 0.651. The molecule has 0 radical (unpaired) electrons. The Hall–Kier alpha value is -1.65. The highest BCUT2D eigenvalue weighted by Gasteiger charge is 2.10. The zero-order valence-electron chi connectivity index (χ0n) is 10.5. The minimum Gasteiger partial charge on any atom is -0.351 e. The molecule has 1 heterocycles. The SMILES string of the molecule is NCCCCNC(=O)c1cc2ccccc2c(Cl)n1. The van der Waals surface area contributed by atoms with Crippen molar-refractivity contribution in [2.45, 2.75) is 12.8 Å². The van der Waals surface area contributed by atoms with Gasteiger partial charge in [0.25, 0.3) is 5.91 Å². The third-order valence-corrected chi connectivity index (χ3v) is 3.13. The number of hydrogen-bond acceptors (Lipinski definition) is 3. The van der Waals surface area contributed by atoms with Crippen molar-refractivity contribution in [3.8, 4) is 0 Å². The van der Waals surface area contributed by atoms with Gasteiger partial charge in [-0.1, -0.05) is 35.9 Å². The summed E-state index contributed by atoms with van der Waals surface area (Å²) < 4.78 is 0. The molecule has 5 heteroatoms. The predicted molar refractivity (Wildman–Crippen MR) is 77.4 cm³/mol. The molecule has 0 fully saturated rings. The van der Waals surface area contributed by atoms with E-state index in [1.165, 1.54) is 0 Å². The lowest BCUT2D eigenvalue weighted by atomic mass is 10.1. The summed E-state index contributed by atoms with van der Waals surface area (Å²) in [6.45, 7) is 1.23. The monoisotopic (exact) mass is 277 g/mol. The van der Waals surface area contributed by atoms with Crippen LogP contribution in [0.1, 0.15) is 23.3 Å². The lowest BCUT2D eigenvalue weighted by Crippen LogP contribution is -2.25. The molecule has 0 bridgehead atoms. The molecule has 2 rings (SSSR count). The van der Waals surface area contributed by atoms with Gasteiger partial charge in [0.1, 0.15) is 10.8 Å². The van der Waals surface area contributed by atoms with Gasteiger partial charge in [0.15, 0.2) is 0 Å². The molecule has 4 nitrogen and oxygen atoms in total. The average molecular weight is 278 g/mol. The molecule has 1 aromatic heterocycles. The van der Waals surface area contributed by atoms with Gasteiger partial charge in [-0.25, -0.2) is 4.98 Å². The smallest absolute Gasteiger partial charge is 0.269 e. The third-order valence-electron chi connectivity index (χ3n) is 2.84. The molecule has 1 aromatic carbocycles. The number of nitrogens with one attached hydrogen (secondary N) is 1. The van der Waals surface area contributed by atoms with Gasteiger partial charge in [-0.15, -0.1) is 0 Å². The molecule has 0 aliphatic heterocycles. The second-order valence-electron chi connectivity index (χ2n) is 4.27. The Morgan fingerprint density at radius 1 is 1.32 bits per heavy atom. The fraction of sp³-hybridized carbons (Fsp3) is 0.286. The van der Waals surface area contributed by atoms with Crippen molar-refractivity contribution in [1.82, 2.24) is 10.3 Å². The van der Waals surface area contributed by atoms with E-state index in [4.69, 9.17) is 17.3 Å². The molecule has 0 spiro atoms. The van der Waals surface area contributed by atoms with E-state index >= 15 is 0 Å². The Morgan fingerprint density at radius 2 is 2.11 bits per heavy atom. The lowest BCUT2D eigenvalue weighted by Gasteiger charge is -2.06. The van der Waals surface area contributed by atoms with Crippen LogP contribution in [-0.2, 0) is 0 Å². The molecule has 3 N–H and O–H groups in total. The van der Waals surface area contributed by atoms with Crippen molar-refractivity contribution in [3.63, 3.8) is 0 Å². The molecule has 0 atom stereocenters. The number of nitrogens with zero attached hydrogens (tertiary/aromatic N) is 1. The number of hydrogen-bond donors (Lipinski definition) is 2. The normalized spacial score (nSPS) is 10.6. The van der Waals surface area contributed by atoms with Gasteiger partial charge in [-0.2, -0.15) is 0 Å². The number of aromatic nitrogens is 1. The van der Waals surface area contributed by atoms with E-state index in [-0.39, 0.29) is 5.91 Å². The number of carbonyl (C=O) groups excluding carboxylic acids is 1. The van der Waals surface area contributed by atoms with E-state index in [9.17, 15) is 4.79 Å². The Bertz CT molecular complexity index is 586. The number of rotatable bonds is 5. The van der Waals surface area contributed by atoms with Crippen LogP contribution in [0.15, 0.2) is 30.3 Å². The number of nitrogens with two attached hydrogens (primary N) is 1. The summed E-state index contributed by atoms with van der Waals surface area (Å²) in [4.78, 5) is 16.1. The van der Waals surface area contributed by atoms with E-state index in [0.717, 1.165) is 23.6 Å². The molecular weight excluding hydrogens is 262 g/mol. The fourth-order valence-corrected chi connectivity index (χ4v) is 2.10. The maximum absolute atomic E-state index is 11.9. The van der Waals surface area contributed by atoms with Gasteiger partial charge in [0.05, 0.1) is 0 Å². The topological polar surface area (TPSA) is 68.0 Å². The summed E-state index contributed by atoms with van der Waals surface area (Å²) in [7, 11) is 0. The molecule has 0 saturated carbocycles. The Kier molecular flexibility index (Phi) is 4.71. The van der Waals surface area contributed by atoms with Crippen LogP contribution < -0.4 is 11.1 Å². The van der Waals surface area contributed by atoms with E-state index in [2.05, 4.69) is 10.3 Å². The van der Waals surface area contributed by atoms with Crippen molar-refractivity contribution < 1.29 is 4.79 Å². The van der Waals surface area contributed by atoms with E-state index in [0.29, 0.717) is 23.9 Å². The minimum atomic E-state index is -0.204. The number of halogens is 1. The van der Waals surface area contributed by atoms with Crippen molar-refractivity contribution in [2.75, 3.05) is 13.1 Å². The average Bonchev–Trinajstić information content (AvgIpc) is 2.43. The zero-order valence-corrected chi connectivity index (χ0v) is 11.3. The first-order valence-electron chi connectivity index (χ1n) is 6.26. The predicted octanol–water partition coefficient (Wildman–Crippen LogP) is 2.36. The van der Waals surface area contributed by atoms with Gasteiger partial charge >= 0.3 is 0 Å². The van der Waals surface area contributed by atoms with Crippen molar-refractivity contribution in [3.05, 3.63) is 41.2 Å². The molecular formula is C14H16ClN3O. The minimum absolute atomic E-state index is 0.204. The molecule has 19 heavy (non-hydrogen) atoms. The van der Waals surface area contributed by atoms with Crippen LogP contribution in [0.25, 0.3) is 10.8 Å². The molecule has 2 aromatic rings. The first kappa shape index (κ1) is 13.8. The molecule has 0 aliphatic rings. The Balaban J connectivity index is 2.14. The number of amides is 1. The van der Waals surface area contributed by atoms with Gasteiger partial charge in [-0.05, 0) is 30.8 Å². The third kappa shape index (κ3) is 3.43. The molecule has 0 aliphatic carbocycles. The molecule has 0 unspecified atom stereocenters. The first-order chi connectivity index (χ1) is 9.22. The van der Waals surface area contributed by atoms with Crippen molar-refractivity contribution in [1.29, 1.82) is 0 Å². The van der Waals surface area contributed by atoms with Crippen LogP contribution in [0.2, 0.25) is 5.15 Å². The molecule has 0 saturated heterocycles. The van der Waals surface area contributed by atoms with Crippen LogP contribution >= 0.6 is 11.6 Å². The highest BCUT2D eigenvalue weighted by Crippen LogP contribution is 2.22. The lowest BCUT2D eigenvalue weighted by molar-refractivity contribution is 0.0948. The molecule has 100 valence electrons.